The second-order valence-corrected chi connectivity index (χ2v) is 22.4. The highest BCUT2D eigenvalue weighted by Crippen LogP contribution is 2.46. The summed E-state index contributed by atoms with van der Waals surface area (Å²) in [7, 11) is 0.375. The Morgan fingerprint density at radius 1 is 0.569 bits per heavy atom. The Labute approximate surface area is 358 Å². The molecular weight excluding hydrogens is 750 g/mol. The van der Waals surface area contributed by atoms with E-state index in [9.17, 15) is 29.3 Å². The summed E-state index contributed by atoms with van der Waals surface area (Å²) >= 11 is 0. The van der Waals surface area contributed by atoms with E-state index in [2.05, 4.69) is 55.4 Å². The van der Waals surface area contributed by atoms with E-state index in [0.29, 0.717) is 35.7 Å². The van der Waals surface area contributed by atoms with Crippen molar-refractivity contribution < 1.29 is 42.8 Å². The van der Waals surface area contributed by atoms with Crippen LogP contribution in [0.1, 0.15) is 198 Å². The van der Waals surface area contributed by atoms with Crippen LogP contribution < -0.4 is 4.89 Å². The Morgan fingerprint density at radius 2 is 0.862 bits per heavy atom. The number of Topliss-reactive ketones (excluding diaryl/α,β-unsaturated/α-hetero) is 2. The Hall–Kier alpha value is -0.670. The number of carbonyl (C=O) groups is 2. The number of ketones is 2. The predicted octanol–water partition coefficient (Wildman–Crippen LogP) is 11.4. The molecule has 0 amide bonds. The zero-order chi connectivity index (χ0) is 44.5. The van der Waals surface area contributed by atoms with Crippen LogP contribution in [0.3, 0.4) is 0 Å². The summed E-state index contributed by atoms with van der Waals surface area (Å²) in [4.78, 5) is 41.8. The molecule has 0 bridgehead atoms. The van der Waals surface area contributed by atoms with Gasteiger partial charge in [0.2, 0.25) is 5.60 Å². The number of likely N-dealkylation sites (N-methyl/N-ethyl adjacent to an activating group) is 1. The molecule has 0 aliphatic rings. The third-order valence-electron chi connectivity index (χ3n) is 12.3. The van der Waals surface area contributed by atoms with Crippen molar-refractivity contribution in [3.05, 3.63) is 0 Å². The number of nitrogens with zero attached hydrogens (tertiary/aromatic N) is 1. The van der Waals surface area contributed by atoms with Crippen molar-refractivity contribution in [3.8, 4) is 0 Å². The molecule has 9 nitrogen and oxygen atoms in total. The Bertz CT molecular complexity index is 1070. The van der Waals surface area contributed by atoms with Gasteiger partial charge >= 0.3 is 0 Å². The highest BCUT2D eigenvalue weighted by atomic mass is 31.2. The maximum atomic E-state index is 14.2. The number of hydrogen-bond donors (Lipinski definition) is 2. The van der Waals surface area contributed by atoms with Crippen molar-refractivity contribution in [2.75, 3.05) is 40.9 Å². The van der Waals surface area contributed by atoms with Gasteiger partial charge in [-0.1, -0.05) is 185 Å². The van der Waals surface area contributed by atoms with Gasteiger partial charge in [-0.2, -0.15) is 0 Å². The lowest BCUT2D eigenvalue weighted by Crippen LogP contribution is -2.59. The molecule has 0 spiro atoms. The van der Waals surface area contributed by atoms with Crippen LogP contribution in [0.5, 0.6) is 0 Å². The molecule has 0 aromatic rings. The molecule has 0 radical (unpaired) electrons. The van der Waals surface area contributed by atoms with Crippen molar-refractivity contribution in [1.82, 2.24) is 0 Å². The lowest BCUT2D eigenvalue weighted by atomic mass is 9.79. The van der Waals surface area contributed by atoms with E-state index in [1.807, 2.05) is 35.0 Å². The molecule has 0 fully saturated rings. The molecule has 346 valence electrons. The Kier molecular flexibility index (Phi) is 30.0. The van der Waals surface area contributed by atoms with Gasteiger partial charge in [0.1, 0.15) is 19.3 Å². The Balaban J connectivity index is 5.55. The molecule has 58 heavy (non-hydrogen) atoms. The van der Waals surface area contributed by atoms with E-state index in [1.165, 1.54) is 64.2 Å². The number of hydrogen-bond acceptors (Lipinski definition) is 8. The monoisotopic (exact) mass is 846 g/mol. The third-order valence-corrected chi connectivity index (χ3v) is 13.3. The smallest absolute Gasteiger partial charge is 0.269 e. The number of aliphatic hydroxyl groups excluding tert-OH is 2. The van der Waals surface area contributed by atoms with Gasteiger partial charge in [0.05, 0.1) is 27.7 Å². The molecule has 7 unspecified atom stereocenters. The topological polar surface area (TPSA) is 133 Å². The van der Waals surface area contributed by atoms with Gasteiger partial charge in [0.15, 0.2) is 11.6 Å². The summed E-state index contributed by atoms with van der Waals surface area (Å²) in [6, 6.07) is 0. The lowest BCUT2D eigenvalue weighted by Gasteiger charge is -2.40. The van der Waals surface area contributed by atoms with Crippen molar-refractivity contribution in [3.63, 3.8) is 0 Å². The number of aliphatic hydroxyl groups is 2. The average molecular weight is 846 g/mol. The molecule has 2 N–H and O–H groups in total. The highest BCUT2D eigenvalue weighted by Gasteiger charge is 2.54. The number of phosphoric ester groups is 1. The van der Waals surface area contributed by atoms with Gasteiger partial charge in [0, 0.05) is 12.8 Å². The first-order chi connectivity index (χ1) is 26.9. The molecule has 0 aromatic heterocycles. The van der Waals surface area contributed by atoms with E-state index in [1.54, 1.807) is 0 Å². The standard InChI is InChI=1S/C48H96NO8P/c1-37(2)20-14-22-39(5)24-16-26-41(7)28-18-30-43(9)34-45(51)48(47(53)36-50,57-58(54,55)56-33-32-49(11,12)13)46(52)35-44(10)31-19-29-42(8)27-17-25-40(6)23-15-21-38(3)4/h37-44,47,50,53H,14-36H2,1-13H3/t39?,40?,41?,42?,43?,44?,47-,48?/m0/s1. The minimum atomic E-state index is -5.26. The second kappa shape index (κ2) is 30.4. The number of rotatable bonds is 38. The molecule has 8 atom stereocenters. The van der Waals surface area contributed by atoms with Crippen molar-refractivity contribution in [1.29, 1.82) is 0 Å². The summed E-state index contributed by atoms with van der Waals surface area (Å²) in [5.41, 5.74) is -2.77. The minimum Gasteiger partial charge on any atom is -0.756 e. The molecule has 0 saturated heterocycles. The van der Waals surface area contributed by atoms with Gasteiger partial charge < -0.3 is 24.1 Å². The van der Waals surface area contributed by atoms with Gasteiger partial charge in [-0.3, -0.25) is 18.7 Å². The third kappa shape index (κ3) is 27.3. The average Bonchev–Trinajstić information content (AvgIpc) is 3.09. The molecule has 0 aliphatic carbocycles. The molecule has 10 heteroatoms. The summed E-state index contributed by atoms with van der Waals surface area (Å²) in [6.45, 7) is 21.3. The second-order valence-electron chi connectivity index (χ2n) is 21.1. The summed E-state index contributed by atoms with van der Waals surface area (Å²) < 4.78 is 24.4. The first-order valence-corrected chi connectivity index (χ1v) is 25.2. The van der Waals surface area contributed by atoms with Crippen LogP contribution in [0.4, 0.5) is 0 Å². The normalized spacial score (nSPS) is 18.3. The van der Waals surface area contributed by atoms with E-state index >= 15 is 0 Å². The van der Waals surface area contributed by atoms with Crippen LogP contribution in [0.25, 0.3) is 0 Å². The molecular formula is C48H96NO8P. The van der Waals surface area contributed by atoms with Crippen molar-refractivity contribution in [2.24, 2.45) is 47.3 Å². The molecule has 0 aliphatic heterocycles. The van der Waals surface area contributed by atoms with E-state index in [-0.39, 0.29) is 31.3 Å². The minimum absolute atomic E-state index is 0.161. The maximum Gasteiger partial charge on any atom is 0.269 e. The van der Waals surface area contributed by atoms with Crippen molar-refractivity contribution >= 4 is 19.4 Å². The summed E-state index contributed by atoms with van der Waals surface area (Å²) in [5, 5.41) is 21.4. The molecule has 0 aromatic carbocycles. The fourth-order valence-electron chi connectivity index (χ4n) is 8.17. The van der Waals surface area contributed by atoms with Crippen LogP contribution in [0.15, 0.2) is 0 Å². The summed E-state index contributed by atoms with van der Waals surface area (Å²) in [6.07, 6.45) is 17.9. The van der Waals surface area contributed by atoms with Crippen molar-refractivity contribution in [2.45, 2.75) is 209 Å². The van der Waals surface area contributed by atoms with E-state index < -0.39 is 37.7 Å². The van der Waals surface area contributed by atoms with Crippen LogP contribution in [0, 0.1) is 47.3 Å². The zero-order valence-electron chi connectivity index (χ0n) is 40.2. The molecule has 0 saturated carbocycles. The summed E-state index contributed by atoms with van der Waals surface area (Å²) in [5.74, 6) is 2.10. The zero-order valence-corrected chi connectivity index (χ0v) is 41.1. The fraction of sp³-hybridized carbons (Fsp3) is 0.958. The van der Waals surface area contributed by atoms with Gasteiger partial charge in [-0.15, -0.1) is 0 Å². The highest BCUT2D eigenvalue weighted by molar-refractivity contribution is 7.46. The number of carbonyl (C=O) groups excluding carboxylic acids is 2. The SMILES string of the molecule is CC(C)CCCC(C)CCCC(C)CCCC(C)CC(=O)C(OP(=O)([O-])OCC[N+](C)(C)C)(C(=O)CC(C)CCCC(C)CCCC(C)CCCC(C)C)[C@@H](O)CO. The van der Waals surface area contributed by atoms with E-state index in [4.69, 9.17) is 9.05 Å². The number of quaternary nitrogens is 1. The molecule has 0 rings (SSSR count). The first-order valence-electron chi connectivity index (χ1n) is 23.8. The van der Waals surface area contributed by atoms with Gasteiger partial charge in [-0.25, -0.2) is 0 Å². The predicted molar refractivity (Wildman–Crippen MR) is 240 cm³/mol. The van der Waals surface area contributed by atoms with Gasteiger partial charge in [-0.05, 0) is 47.3 Å². The maximum absolute atomic E-state index is 14.2. The van der Waals surface area contributed by atoms with Crippen LogP contribution >= 0.6 is 7.82 Å². The Morgan fingerprint density at radius 3 is 1.14 bits per heavy atom. The largest absolute Gasteiger partial charge is 0.756 e. The number of phosphoric acid groups is 1. The van der Waals surface area contributed by atoms with Crippen LogP contribution in [0.2, 0.25) is 0 Å². The molecule has 0 heterocycles. The van der Waals surface area contributed by atoms with Crippen LogP contribution in [-0.2, 0) is 23.2 Å². The lowest BCUT2D eigenvalue weighted by molar-refractivity contribution is -0.870. The first kappa shape index (κ1) is 57.3. The van der Waals surface area contributed by atoms with E-state index in [0.717, 1.165) is 62.2 Å². The fourth-order valence-corrected chi connectivity index (χ4v) is 9.21. The van der Waals surface area contributed by atoms with Crippen LogP contribution in [-0.4, -0.2) is 78.9 Å². The quantitative estimate of drug-likeness (QED) is 0.0356. The van der Waals surface area contributed by atoms with Gasteiger partial charge in [0.25, 0.3) is 7.82 Å².